The molecule has 1 aromatic rings. The molecule has 1 fully saturated rings. The summed E-state index contributed by atoms with van der Waals surface area (Å²) in [4.78, 5) is 2.59. The minimum Gasteiger partial charge on any atom is -0.314 e. The first kappa shape index (κ1) is 12.1. The van der Waals surface area contributed by atoms with Crippen LogP contribution in [0.2, 0.25) is 0 Å². The highest BCUT2D eigenvalue weighted by Gasteiger charge is 2.35. The fourth-order valence-corrected chi connectivity index (χ4v) is 3.29. The Balaban J connectivity index is 1.86. The van der Waals surface area contributed by atoms with Crippen LogP contribution in [0.3, 0.4) is 0 Å². The van der Waals surface area contributed by atoms with Crippen molar-refractivity contribution >= 4 is 0 Å². The highest BCUT2D eigenvalue weighted by Crippen LogP contribution is 2.38. The predicted molar refractivity (Wildman–Crippen MR) is 71.1 cm³/mol. The molecule has 3 rings (SSSR count). The number of fused-ring (bicyclic) bond motifs is 1. The Morgan fingerprint density at radius 3 is 2.89 bits per heavy atom. The third-order valence-electron chi connectivity index (χ3n) is 4.29. The van der Waals surface area contributed by atoms with E-state index in [1.54, 1.807) is 6.07 Å². The summed E-state index contributed by atoms with van der Waals surface area (Å²) in [6, 6.07) is 6.64. The molecule has 1 aliphatic carbocycles. The van der Waals surface area contributed by atoms with Gasteiger partial charge >= 0.3 is 0 Å². The van der Waals surface area contributed by atoms with Crippen LogP contribution in [0.1, 0.15) is 36.9 Å². The Bertz CT molecular complexity index is 429. The average Bonchev–Trinajstić information content (AvgIpc) is 2.71. The van der Waals surface area contributed by atoms with Crippen LogP contribution in [0.15, 0.2) is 18.2 Å². The first-order chi connectivity index (χ1) is 8.81. The maximum Gasteiger partial charge on any atom is 0.126 e. The molecule has 0 bridgehead atoms. The minimum absolute atomic E-state index is 0.0156. The predicted octanol–water partition coefficient (Wildman–Crippen LogP) is 2.50. The summed E-state index contributed by atoms with van der Waals surface area (Å²) in [7, 11) is 0. The number of nitrogens with one attached hydrogen (secondary N) is 1. The van der Waals surface area contributed by atoms with Crippen LogP contribution in [0.25, 0.3) is 0 Å². The number of hydrogen-bond acceptors (Lipinski definition) is 2. The van der Waals surface area contributed by atoms with Crippen LogP contribution in [-0.4, -0.2) is 30.6 Å². The van der Waals surface area contributed by atoms with Gasteiger partial charge in [-0.3, -0.25) is 4.90 Å². The molecule has 1 heterocycles. The van der Waals surface area contributed by atoms with Crippen molar-refractivity contribution in [1.82, 2.24) is 10.2 Å². The molecule has 2 aliphatic rings. The van der Waals surface area contributed by atoms with E-state index >= 15 is 0 Å². The lowest BCUT2D eigenvalue weighted by molar-refractivity contribution is 0.0944. The van der Waals surface area contributed by atoms with E-state index in [0.29, 0.717) is 12.1 Å². The molecule has 0 amide bonds. The largest absolute Gasteiger partial charge is 0.314 e. The van der Waals surface area contributed by atoms with Gasteiger partial charge in [-0.15, -0.1) is 0 Å². The summed E-state index contributed by atoms with van der Waals surface area (Å²) in [6.07, 6.45) is 3.14. The first-order valence-corrected chi connectivity index (χ1v) is 7.05. The summed E-state index contributed by atoms with van der Waals surface area (Å²) in [5.74, 6) is -0.0156. The van der Waals surface area contributed by atoms with Crippen LogP contribution >= 0.6 is 0 Å². The van der Waals surface area contributed by atoms with Gasteiger partial charge in [0.1, 0.15) is 5.82 Å². The fraction of sp³-hybridized carbons (Fsp3) is 0.600. The fourth-order valence-electron chi connectivity index (χ4n) is 3.29. The van der Waals surface area contributed by atoms with Crippen LogP contribution in [0.5, 0.6) is 0 Å². The van der Waals surface area contributed by atoms with Gasteiger partial charge in [0, 0.05) is 25.2 Å². The molecule has 1 aliphatic heterocycles. The third kappa shape index (κ3) is 1.95. The van der Waals surface area contributed by atoms with Gasteiger partial charge in [-0.05, 0) is 43.0 Å². The molecule has 0 radical (unpaired) electrons. The van der Waals surface area contributed by atoms with Crippen molar-refractivity contribution in [3.63, 3.8) is 0 Å². The average molecular weight is 248 g/mol. The summed E-state index contributed by atoms with van der Waals surface area (Å²) >= 11 is 0. The van der Waals surface area contributed by atoms with Gasteiger partial charge in [0.2, 0.25) is 0 Å². The molecule has 3 heteroatoms. The lowest BCUT2D eigenvalue weighted by Gasteiger charge is -2.42. The van der Waals surface area contributed by atoms with Crippen molar-refractivity contribution in [2.75, 3.05) is 19.6 Å². The molecule has 1 N–H and O–H groups in total. The first-order valence-electron chi connectivity index (χ1n) is 7.05. The van der Waals surface area contributed by atoms with Crippen LogP contribution in [0, 0.1) is 5.82 Å². The van der Waals surface area contributed by atoms with Crippen molar-refractivity contribution in [2.24, 2.45) is 0 Å². The normalized spacial score (nSPS) is 23.2. The SMILES string of the molecule is CCCN(C1CNC1)C1CCc2c(F)cccc21. The maximum absolute atomic E-state index is 13.8. The van der Waals surface area contributed by atoms with Gasteiger partial charge in [0.05, 0.1) is 0 Å². The number of hydrogen-bond donors (Lipinski definition) is 1. The second kappa shape index (κ2) is 4.98. The Hall–Kier alpha value is -0.930. The van der Waals surface area contributed by atoms with Crippen LogP contribution < -0.4 is 5.32 Å². The highest BCUT2D eigenvalue weighted by molar-refractivity contribution is 5.36. The topological polar surface area (TPSA) is 15.3 Å². The Kier molecular flexibility index (Phi) is 3.35. The zero-order valence-corrected chi connectivity index (χ0v) is 11.0. The minimum atomic E-state index is -0.0156. The lowest BCUT2D eigenvalue weighted by atomic mass is 10.0. The molecule has 1 aromatic carbocycles. The molecule has 1 atom stereocenters. The number of nitrogens with zero attached hydrogens (tertiary/aromatic N) is 1. The molecular formula is C15H21FN2. The van der Waals surface area contributed by atoms with Crippen molar-refractivity contribution in [3.05, 3.63) is 35.1 Å². The molecular weight excluding hydrogens is 227 g/mol. The van der Waals surface area contributed by atoms with Gasteiger partial charge in [-0.25, -0.2) is 4.39 Å². The summed E-state index contributed by atoms with van der Waals surface area (Å²) in [5.41, 5.74) is 2.19. The van der Waals surface area contributed by atoms with Crippen molar-refractivity contribution in [2.45, 2.75) is 38.3 Å². The van der Waals surface area contributed by atoms with Gasteiger partial charge in [-0.2, -0.15) is 0 Å². The lowest BCUT2D eigenvalue weighted by Crippen LogP contribution is -2.57. The van der Waals surface area contributed by atoms with Crippen molar-refractivity contribution < 1.29 is 4.39 Å². The standard InChI is InChI=1S/C15H21FN2/c1-2-8-18(11-9-17-10-11)15-7-6-12-13(15)4-3-5-14(12)16/h3-5,11,15,17H,2,6-10H2,1H3. The van der Waals surface area contributed by atoms with Gasteiger partial charge < -0.3 is 5.32 Å². The van der Waals surface area contributed by atoms with Gasteiger partial charge in [0.15, 0.2) is 0 Å². The van der Waals surface area contributed by atoms with Crippen LogP contribution in [-0.2, 0) is 6.42 Å². The maximum atomic E-state index is 13.8. The Morgan fingerprint density at radius 1 is 1.39 bits per heavy atom. The van der Waals surface area contributed by atoms with E-state index in [0.717, 1.165) is 44.5 Å². The highest BCUT2D eigenvalue weighted by atomic mass is 19.1. The molecule has 18 heavy (non-hydrogen) atoms. The number of rotatable bonds is 4. The van der Waals surface area contributed by atoms with Crippen molar-refractivity contribution in [1.29, 1.82) is 0 Å². The Labute approximate surface area is 108 Å². The molecule has 2 nitrogen and oxygen atoms in total. The van der Waals surface area contributed by atoms with E-state index in [-0.39, 0.29) is 5.82 Å². The second-order valence-corrected chi connectivity index (χ2v) is 5.41. The van der Waals surface area contributed by atoms with E-state index in [4.69, 9.17) is 0 Å². The molecule has 98 valence electrons. The van der Waals surface area contributed by atoms with Gasteiger partial charge in [-0.1, -0.05) is 19.1 Å². The quantitative estimate of drug-likeness (QED) is 0.880. The molecule has 0 saturated carbocycles. The zero-order valence-electron chi connectivity index (χ0n) is 11.0. The van der Waals surface area contributed by atoms with E-state index < -0.39 is 0 Å². The number of halogens is 1. The summed E-state index contributed by atoms with van der Waals surface area (Å²) in [5, 5.41) is 3.34. The Morgan fingerprint density at radius 2 is 2.22 bits per heavy atom. The summed E-state index contributed by atoms with van der Waals surface area (Å²) in [6.45, 7) is 5.51. The van der Waals surface area contributed by atoms with Crippen molar-refractivity contribution in [3.8, 4) is 0 Å². The molecule has 1 saturated heterocycles. The van der Waals surface area contributed by atoms with E-state index in [9.17, 15) is 4.39 Å². The smallest absolute Gasteiger partial charge is 0.126 e. The summed E-state index contributed by atoms with van der Waals surface area (Å²) < 4.78 is 13.8. The van der Waals surface area contributed by atoms with E-state index in [1.807, 2.05) is 6.07 Å². The van der Waals surface area contributed by atoms with Gasteiger partial charge in [0.25, 0.3) is 0 Å². The molecule has 0 aromatic heterocycles. The molecule has 1 unspecified atom stereocenters. The number of benzene rings is 1. The third-order valence-corrected chi connectivity index (χ3v) is 4.29. The van der Waals surface area contributed by atoms with E-state index in [1.165, 1.54) is 5.56 Å². The monoisotopic (exact) mass is 248 g/mol. The second-order valence-electron chi connectivity index (χ2n) is 5.41. The molecule has 0 spiro atoms. The van der Waals surface area contributed by atoms with Crippen LogP contribution in [0.4, 0.5) is 4.39 Å². The van der Waals surface area contributed by atoms with E-state index in [2.05, 4.69) is 23.2 Å². The zero-order chi connectivity index (χ0) is 12.5.